The van der Waals surface area contributed by atoms with E-state index in [1.807, 2.05) is 30.3 Å². The van der Waals surface area contributed by atoms with E-state index in [1.54, 1.807) is 6.07 Å². The summed E-state index contributed by atoms with van der Waals surface area (Å²) in [6, 6.07) is 11.8. The summed E-state index contributed by atoms with van der Waals surface area (Å²) in [6.07, 6.45) is 2.25. The van der Waals surface area contributed by atoms with Gasteiger partial charge in [-0.2, -0.15) is 0 Å². The van der Waals surface area contributed by atoms with Gasteiger partial charge in [0, 0.05) is 11.6 Å². The van der Waals surface area contributed by atoms with E-state index in [1.165, 1.54) is 0 Å². The van der Waals surface area contributed by atoms with Gasteiger partial charge in [0.15, 0.2) is 5.82 Å². The Balaban J connectivity index is 1.97. The molecule has 98 valence electrons. The van der Waals surface area contributed by atoms with Gasteiger partial charge in [0.1, 0.15) is 11.9 Å². The lowest BCUT2D eigenvalue weighted by atomic mass is 10.1. The van der Waals surface area contributed by atoms with Gasteiger partial charge in [-0.15, -0.1) is 0 Å². The van der Waals surface area contributed by atoms with Gasteiger partial charge in [-0.25, -0.2) is 9.97 Å². The van der Waals surface area contributed by atoms with Crippen LogP contribution in [0.2, 0.25) is 0 Å². The highest BCUT2D eigenvalue weighted by Gasteiger charge is 2.26. The van der Waals surface area contributed by atoms with Crippen LogP contribution < -0.4 is 5.73 Å². The molecule has 2 aromatic rings. The summed E-state index contributed by atoms with van der Waals surface area (Å²) in [4.78, 5) is 8.92. The topological polar surface area (TPSA) is 61.0 Å². The highest BCUT2D eigenvalue weighted by Crippen LogP contribution is 2.32. The van der Waals surface area contributed by atoms with E-state index in [0.717, 1.165) is 24.1 Å². The Kier molecular flexibility index (Phi) is 3.17. The van der Waals surface area contributed by atoms with E-state index in [-0.39, 0.29) is 12.2 Å². The summed E-state index contributed by atoms with van der Waals surface area (Å²) >= 11 is 0. The predicted octanol–water partition coefficient (Wildman–Crippen LogP) is 2.97. The minimum Gasteiger partial charge on any atom is -0.384 e. The average molecular weight is 255 g/mol. The van der Waals surface area contributed by atoms with E-state index in [0.29, 0.717) is 11.6 Å². The lowest BCUT2D eigenvalue weighted by Crippen LogP contribution is -2.08. The molecule has 0 bridgehead atoms. The van der Waals surface area contributed by atoms with Crippen LogP contribution >= 0.6 is 0 Å². The predicted molar refractivity (Wildman–Crippen MR) is 74.4 cm³/mol. The van der Waals surface area contributed by atoms with Crippen molar-refractivity contribution in [1.82, 2.24) is 9.97 Å². The zero-order chi connectivity index (χ0) is 13.2. The molecular weight excluding hydrogens is 238 g/mol. The molecule has 0 spiro atoms. The second-order valence-corrected chi connectivity index (χ2v) is 4.91. The van der Waals surface area contributed by atoms with Gasteiger partial charge in [0.2, 0.25) is 0 Å². The molecule has 4 nitrogen and oxygen atoms in total. The summed E-state index contributed by atoms with van der Waals surface area (Å²) in [6.45, 7) is 2.07. The maximum absolute atomic E-state index is 5.89. The number of rotatable bonds is 2. The molecule has 1 aromatic carbocycles. The number of nitrogen functional groups attached to an aromatic ring is 1. The van der Waals surface area contributed by atoms with Gasteiger partial charge < -0.3 is 10.5 Å². The number of anilines is 1. The Morgan fingerprint density at radius 2 is 1.95 bits per heavy atom. The van der Waals surface area contributed by atoms with Crippen molar-refractivity contribution in [2.45, 2.75) is 32.0 Å². The number of nitrogens with zero attached hydrogens (tertiary/aromatic N) is 2. The van der Waals surface area contributed by atoms with E-state index < -0.39 is 0 Å². The summed E-state index contributed by atoms with van der Waals surface area (Å²) in [5.74, 6) is 1.19. The maximum Gasteiger partial charge on any atom is 0.160 e. The molecule has 1 aliphatic rings. The van der Waals surface area contributed by atoms with Crippen LogP contribution in [0.25, 0.3) is 11.3 Å². The number of aromatic nitrogens is 2. The van der Waals surface area contributed by atoms with Crippen LogP contribution in [0.15, 0.2) is 36.4 Å². The molecule has 1 aromatic heterocycles. The van der Waals surface area contributed by atoms with Crippen LogP contribution in [-0.2, 0) is 4.74 Å². The number of ether oxygens (including phenoxy) is 1. The molecule has 2 heterocycles. The minimum atomic E-state index is -0.0269. The van der Waals surface area contributed by atoms with Gasteiger partial charge in [0.05, 0.1) is 11.8 Å². The van der Waals surface area contributed by atoms with Gasteiger partial charge in [0.25, 0.3) is 0 Å². The fourth-order valence-electron chi connectivity index (χ4n) is 2.38. The van der Waals surface area contributed by atoms with Crippen molar-refractivity contribution in [3.63, 3.8) is 0 Å². The van der Waals surface area contributed by atoms with Gasteiger partial charge in [-0.1, -0.05) is 30.3 Å². The standard InChI is InChI=1S/C15H17N3O/c1-10-7-8-13(19-10)15-17-12(9-14(16)18-15)11-5-3-2-4-6-11/h2-6,9-10,13H,7-8H2,1H3,(H2,16,17,18). The zero-order valence-corrected chi connectivity index (χ0v) is 10.9. The Morgan fingerprint density at radius 1 is 1.16 bits per heavy atom. The van der Waals surface area contributed by atoms with Crippen molar-refractivity contribution in [2.75, 3.05) is 5.73 Å². The van der Waals surface area contributed by atoms with Crippen LogP contribution in [0.5, 0.6) is 0 Å². The fraction of sp³-hybridized carbons (Fsp3) is 0.333. The molecule has 0 aliphatic carbocycles. The molecule has 0 saturated carbocycles. The second kappa shape index (κ2) is 4.97. The molecule has 2 atom stereocenters. The van der Waals surface area contributed by atoms with Crippen molar-refractivity contribution in [3.05, 3.63) is 42.2 Å². The van der Waals surface area contributed by atoms with Crippen LogP contribution in [0.1, 0.15) is 31.7 Å². The highest BCUT2D eigenvalue weighted by atomic mass is 16.5. The molecule has 2 N–H and O–H groups in total. The summed E-state index contributed by atoms with van der Waals surface area (Å²) in [7, 11) is 0. The summed E-state index contributed by atoms with van der Waals surface area (Å²) in [5.41, 5.74) is 7.79. The van der Waals surface area contributed by atoms with Gasteiger partial charge in [-0.05, 0) is 19.8 Å². The fourth-order valence-corrected chi connectivity index (χ4v) is 2.38. The molecule has 1 fully saturated rings. The zero-order valence-electron chi connectivity index (χ0n) is 10.9. The van der Waals surface area contributed by atoms with Crippen molar-refractivity contribution >= 4 is 5.82 Å². The molecule has 0 radical (unpaired) electrons. The molecule has 1 aliphatic heterocycles. The number of hydrogen-bond donors (Lipinski definition) is 1. The van der Waals surface area contributed by atoms with Crippen LogP contribution in [0, 0.1) is 0 Å². The van der Waals surface area contributed by atoms with Crippen molar-refractivity contribution in [3.8, 4) is 11.3 Å². The molecule has 2 unspecified atom stereocenters. The molecule has 0 amide bonds. The lowest BCUT2D eigenvalue weighted by Gasteiger charge is -2.12. The first kappa shape index (κ1) is 12.1. The third-order valence-corrected chi connectivity index (χ3v) is 3.35. The Hall–Kier alpha value is -1.94. The third kappa shape index (κ3) is 2.58. The first-order valence-corrected chi connectivity index (χ1v) is 6.58. The van der Waals surface area contributed by atoms with Crippen LogP contribution in [-0.4, -0.2) is 16.1 Å². The third-order valence-electron chi connectivity index (χ3n) is 3.35. The number of benzene rings is 1. The van der Waals surface area contributed by atoms with E-state index in [9.17, 15) is 0 Å². The van der Waals surface area contributed by atoms with Crippen LogP contribution in [0.3, 0.4) is 0 Å². The largest absolute Gasteiger partial charge is 0.384 e. The Bertz CT molecular complexity index is 571. The van der Waals surface area contributed by atoms with E-state index >= 15 is 0 Å². The smallest absolute Gasteiger partial charge is 0.160 e. The van der Waals surface area contributed by atoms with Crippen molar-refractivity contribution in [1.29, 1.82) is 0 Å². The van der Waals surface area contributed by atoms with Crippen molar-refractivity contribution in [2.24, 2.45) is 0 Å². The average Bonchev–Trinajstić information content (AvgIpc) is 2.86. The van der Waals surface area contributed by atoms with E-state index in [2.05, 4.69) is 16.9 Å². The molecular formula is C15H17N3O. The lowest BCUT2D eigenvalue weighted by molar-refractivity contribution is 0.0504. The highest BCUT2D eigenvalue weighted by molar-refractivity contribution is 5.61. The molecule has 3 rings (SSSR count). The monoisotopic (exact) mass is 255 g/mol. The molecule has 4 heteroatoms. The van der Waals surface area contributed by atoms with Crippen molar-refractivity contribution < 1.29 is 4.74 Å². The maximum atomic E-state index is 5.89. The SMILES string of the molecule is CC1CCC(c2nc(N)cc(-c3ccccc3)n2)O1. The number of nitrogens with two attached hydrogens (primary N) is 1. The van der Waals surface area contributed by atoms with E-state index in [4.69, 9.17) is 10.5 Å². The number of hydrogen-bond acceptors (Lipinski definition) is 4. The Morgan fingerprint density at radius 3 is 2.63 bits per heavy atom. The normalized spacial score (nSPS) is 22.6. The van der Waals surface area contributed by atoms with Crippen LogP contribution in [0.4, 0.5) is 5.82 Å². The minimum absolute atomic E-state index is 0.0269. The first-order valence-electron chi connectivity index (χ1n) is 6.58. The second-order valence-electron chi connectivity index (χ2n) is 4.91. The summed E-state index contributed by atoms with van der Waals surface area (Å²) in [5, 5.41) is 0. The van der Waals surface area contributed by atoms with Gasteiger partial charge in [-0.3, -0.25) is 0 Å². The molecule has 19 heavy (non-hydrogen) atoms. The quantitative estimate of drug-likeness (QED) is 0.896. The molecule has 1 saturated heterocycles. The summed E-state index contributed by atoms with van der Waals surface area (Å²) < 4.78 is 5.81. The first-order chi connectivity index (χ1) is 9.22. The van der Waals surface area contributed by atoms with Gasteiger partial charge >= 0.3 is 0 Å². The Labute approximate surface area is 112 Å².